The first-order chi connectivity index (χ1) is 20.8. The fourth-order valence-electron chi connectivity index (χ4n) is 6.56. The Morgan fingerprint density at radius 3 is 2.43 bits per heavy atom. The zero-order chi connectivity index (χ0) is 31.7. The minimum atomic E-state index is -4.78. The number of halogens is 5. The van der Waals surface area contributed by atoms with Gasteiger partial charge in [0.15, 0.2) is 5.69 Å². The topological polar surface area (TPSA) is 53.8 Å². The monoisotopic (exact) mass is 637 g/mol. The molecule has 2 atom stereocenters. The minimum Gasteiger partial charge on any atom is -0.462 e. The molecular weight excluding hydrogens is 598 g/mol. The van der Waals surface area contributed by atoms with Crippen LogP contribution >= 0.6 is 11.6 Å². The standard InChI is InChI=1S/C32H40ClF4N5O2/c1-4-44-29(43)26-20-38-42(28(26)32(35,36)37)24-11-8-14-40(21-24)27-19-31(33,13-12-25(27)23-9-6-5-7-10-23)41-17-15-39(16-18-41)22-30(2,3)34/h5-7,9-10,12-13,20,24H,4,8,11,14-19,21-22H2,1-3H3. The lowest BCUT2D eigenvalue weighted by molar-refractivity contribution is -0.145. The van der Waals surface area contributed by atoms with Crippen LogP contribution < -0.4 is 0 Å². The molecule has 0 N–H and O–H groups in total. The smallest absolute Gasteiger partial charge is 0.433 e. The SMILES string of the molecule is CCOC(=O)c1cnn(C2CCCN(C3=C(c4ccccc4)C=CC(Cl)(N4CCN(CC(C)(C)F)CC4)C3)C2)c1C(F)(F)F. The summed E-state index contributed by atoms with van der Waals surface area (Å²) in [4.78, 5) is 18.0. The molecule has 7 nitrogen and oxygen atoms in total. The van der Waals surface area contributed by atoms with Crippen LogP contribution in [0.2, 0.25) is 0 Å². The molecule has 0 bridgehead atoms. The number of benzene rings is 1. The highest BCUT2D eigenvalue weighted by atomic mass is 35.5. The molecule has 3 heterocycles. The Morgan fingerprint density at radius 1 is 1.09 bits per heavy atom. The number of rotatable bonds is 8. The fourth-order valence-corrected chi connectivity index (χ4v) is 6.92. The molecule has 1 aliphatic carbocycles. The maximum Gasteiger partial charge on any atom is 0.433 e. The van der Waals surface area contributed by atoms with Gasteiger partial charge in [-0.3, -0.25) is 14.5 Å². The van der Waals surface area contributed by atoms with Crippen molar-refractivity contribution in [2.24, 2.45) is 0 Å². The third-order valence-electron chi connectivity index (χ3n) is 8.50. The second-order valence-electron chi connectivity index (χ2n) is 12.3. The number of allylic oxidation sites excluding steroid dienone is 2. The summed E-state index contributed by atoms with van der Waals surface area (Å²) in [5.41, 5.74) is -0.00887. The number of likely N-dealkylation sites (tertiary alicyclic amines) is 1. The molecule has 0 spiro atoms. The molecule has 1 aromatic carbocycles. The van der Waals surface area contributed by atoms with E-state index in [1.807, 2.05) is 42.5 Å². The van der Waals surface area contributed by atoms with Crippen LogP contribution in [-0.4, -0.2) is 93.5 Å². The van der Waals surface area contributed by atoms with Crippen LogP contribution in [0.1, 0.15) is 67.7 Å². The Hall–Kier alpha value is -2.89. The van der Waals surface area contributed by atoms with E-state index in [4.69, 9.17) is 16.3 Å². The Labute approximate surface area is 261 Å². The Balaban J connectivity index is 1.43. The summed E-state index contributed by atoms with van der Waals surface area (Å²) in [5, 5.41) is 4.07. The maximum absolute atomic E-state index is 14.3. The van der Waals surface area contributed by atoms with Crippen LogP contribution in [0.3, 0.4) is 0 Å². The van der Waals surface area contributed by atoms with Gasteiger partial charge in [0.1, 0.15) is 16.2 Å². The molecule has 0 saturated carbocycles. The summed E-state index contributed by atoms with van der Waals surface area (Å²) in [6.07, 6.45) is 1.78. The van der Waals surface area contributed by atoms with Crippen LogP contribution in [0.15, 0.2) is 54.4 Å². The number of ether oxygens (including phenoxy) is 1. The van der Waals surface area contributed by atoms with E-state index in [9.17, 15) is 22.4 Å². The van der Waals surface area contributed by atoms with Gasteiger partial charge in [-0.1, -0.05) is 48.0 Å². The average molecular weight is 638 g/mol. The molecule has 240 valence electrons. The summed E-state index contributed by atoms with van der Waals surface area (Å²) in [5.74, 6) is -1.03. The maximum atomic E-state index is 14.3. The molecule has 2 aliphatic heterocycles. The summed E-state index contributed by atoms with van der Waals surface area (Å²) in [7, 11) is 0. The highest BCUT2D eigenvalue weighted by molar-refractivity contribution is 6.25. The number of piperidine rings is 1. The van der Waals surface area contributed by atoms with E-state index in [1.54, 1.807) is 20.8 Å². The number of nitrogens with zero attached hydrogens (tertiary/aromatic N) is 5. The molecule has 5 rings (SSSR count). The van der Waals surface area contributed by atoms with Crippen molar-refractivity contribution in [1.82, 2.24) is 24.5 Å². The second-order valence-corrected chi connectivity index (χ2v) is 13.0. The number of esters is 1. The Kier molecular flexibility index (Phi) is 9.49. The van der Waals surface area contributed by atoms with Crippen LogP contribution in [0, 0.1) is 0 Å². The van der Waals surface area contributed by atoms with Gasteiger partial charge in [-0.15, -0.1) is 0 Å². The number of alkyl halides is 5. The lowest BCUT2D eigenvalue weighted by Crippen LogP contribution is -2.56. The zero-order valence-electron chi connectivity index (χ0n) is 25.4. The minimum absolute atomic E-state index is 0.0362. The highest BCUT2D eigenvalue weighted by Crippen LogP contribution is 2.43. The highest BCUT2D eigenvalue weighted by Gasteiger charge is 2.44. The average Bonchev–Trinajstić information content (AvgIpc) is 3.44. The second kappa shape index (κ2) is 12.8. The quantitative estimate of drug-likeness (QED) is 0.145. The van der Waals surface area contributed by atoms with E-state index in [0.717, 1.165) is 27.7 Å². The molecule has 2 unspecified atom stereocenters. The van der Waals surface area contributed by atoms with Crippen molar-refractivity contribution in [3.05, 3.63) is 71.2 Å². The Morgan fingerprint density at radius 2 is 1.80 bits per heavy atom. The van der Waals surface area contributed by atoms with Gasteiger partial charge in [-0.25, -0.2) is 9.18 Å². The molecule has 0 amide bonds. The zero-order valence-corrected chi connectivity index (χ0v) is 26.2. The number of carbonyl (C=O) groups is 1. The predicted octanol–water partition coefficient (Wildman–Crippen LogP) is 6.39. The molecule has 0 radical (unpaired) electrons. The van der Waals surface area contributed by atoms with Crippen LogP contribution in [0.4, 0.5) is 17.6 Å². The normalized spacial score (nSPS) is 24.2. The van der Waals surface area contributed by atoms with E-state index in [0.29, 0.717) is 58.5 Å². The molecule has 1 aromatic heterocycles. The molecule has 2 fully saturated rings. The van der Waals surface area contributed by atoms with Crippen molar-refractivity contribution < 1.29 is 27.1 Å². The van der Waals surface area contributed by atoms with Gasteiger partial charge in [0.2, 0.25) is 0 Å². The van der Waals surface area contributed by atoms with Gasteiger partial charge in [-0.2, -0.15) is 18.3 Å². The van der Waals surface area contributed by atoms with Gasteiger partial charge in [0.25, 0.3) is 0 Å². The third-order valence-corrected chi connectivity index (χ3v) is 9.00. The van der Waals surface area contributed by atoms with Gasteiger partial charge in [-0.05, 0) is 45.3 Å². The fraction of sp³-hybridized carbons (Fsp3) is 0.562. The van der Waals surface area contributed by atoms with Gasteiger partial charge in [0.05, 0.1) is 18.8 Å². The number of aromatic nitrogens is 2. The van der Waals surface area contributed by atoms with E-state index in [1.165, 1.54) is 0 Å². The first kappa shape index (κ1) is 32.5. The van der Waals surface area contributed by atoms with Crippen molar-refractivity contribution in [3.8, 4) is 0 Å². The largest absolute Gasteiger partial charge is 0.462 e. The summed E-state index contributed by atoms with van der Waals surface area (Å²) in [6.45, 7) is 8.67. The van der Waals surface area contributed by atoms with Crippen LogP contribution in [0.25, 0.3) is 5.57 Å². The van der Waals surface area contributed by atoms with E-state index >= 15 is 0 Å². The number of hydrogen-bond acceptors (Lipinski definition) is 6. The molecule has 12 heteroatoms. The first-order valence-electron chi connectivity index (χ1n) is 15.2. The van der Waals surface area contributed by atoms with Crippen LogP contribution in [0.5, 0.6) is 0 Å². The van der Waals surface area contributed by atoms with Crippen molar-refractivity contribution in [2.45, 2.75) is 62.9 Å². The number of piperazine rings is 1. The molecular formula is C32H40ClF4N5O2. The Bertz CT molecular complexity index is 1380. The van der Waals surface area contributed by atoms with Gasteiger partial charge in [0, 0.05) is 63.5 Å². The van der Waals surface area contributed by atoms with E-state index in [-0.39, 0.29) is 13.2 Å². The van der Waals surface area contributed by atoms with Gasteiger partial charge >= 0.3 is 12.1 Å². The molecule has 2 saturated heterocycles. The first-order valence-corrected chi connectivity index (χ1v) is 15.6. The summed E-state index contributed by atoms with van der Waals surface area (Å²) >= 11 is 7.38. The van der Waals surface area contributed by atoms with Gasteiger partial charge < -0.3 is 9.64 Å². The molecule has 2 aromatic rings. The van der Waals surface area contributed by atoms with Crippen molar-refractivity contribution in [3.63, 3.8) is 0 Å². The lowest BCUT2D eigenvalue weighted by atomic mass is 9.90. The van der Waals surface area contributed by atoms with E-state index < -0.39 is 40.1 Å². The summed E-state index contributed by atoms with van der Waals surface area (Å²) in [6, 6.07) is 9.26. The summed E-state index contributed by atoms with van der Waals surface area (Å²) < 4.78 is 63.1. The molecule has 44 heavy (non-hydrogen) atoms. The van der Waals surface area contributed by atoms with Crippen molar-refractivity contribution in [2.75, 3.05) is 52.4 Å². The number of carbonyl (C=O) groups excluding carboxylic acids is 1. The number of hydrogen-bond donors (Lipinski definition) is 0. The van der Waals surface area contributed by atoms with E-state index in [2.05, 4.69) is 19.8 Å². The third kappa shape index (κ3) is 7.15. The van der Waals surface area contributed by atoms with Crippen molar-refractivity contribution in [1.29, 1.82) is 0 Å². The van der Waals surface area contributed by atoms with Crippen LogP contribution in [-0.2, 0) is 10.9 Å². The predicted molar refractivity (Wildman–Crippen MR) is 162 cm³/mol. The van der Waals surface area contributed by atoms with Crippen molar-refractivity contribution >= 4 is 23.1 Å². The lowest BCUT2D eigenvalue weighted by Gasteiger charge is -2.47. The molecule has 3 aliphatic rings.